The summed E-state index contributed by atoms with van der Waals surface area (Å²) in [7, 11) is 0. The number of ketones is 1. The van der Waals surface area contributed by atoms with Crippen molar-refractivity contribution in [3.05, 3.63) is 0 Å². The topological polar surface area (TPSA) is 83.5 Å². The first-order valence-corrected chi connectivity index (χ1v) is 3.53. The molecule has 2 N–H and O–H groups in total. The third-order valence-corrected chi connectivity index (χ3v) is 1.01. The van der Waals surface area contributed by atoms with Gasteiger partial charge in [0, 0.05) is 0 Å². The molecular formula is C4H7NO4S. The summed E-state index contributed by atoms with van der Waals surface area (Å²) in [5.41, 5.74) is 0. The molecule has 10 heavy (non-hydrogen) atoms. The number of Topliss-reactive ketones (excluding diaryl/α,β-unsaturated/α-hetero) is 1. The van der Waals surface area contributed by atoms with Gasteiger partial charge in [0.1, 0.15) is 5.78 Å². The number of rotatable bonds is 3. The van der Waals surface area contributed by atoms with Gasteiger partial charge in [-0.25, -0.2) is 4.21 Å². The van der Waals surface area contributed by atoms with Gasteiger partial charge in [0.2, 0.25) is 5.91 Å². The molecule has 0 aliphatic heterocycles. The van der Waals surface area contributed by atoms with Gasteiger partial charge in [-0.2, -0.15) is 0 Å². The van der Waals surface area contributed by atoms with E-state index in [-0.39, 0.29) is 12.2 Å². The van der Waals surface area contributed by atoms with E-state index in [4.69, 9.17) is 4.55 Å². The van der Waals surface area contributed by atoms with Gasteiger partial charge in [-0.05, 0) is 6.92 Å². The molecule has 58 valence electrons. The molecule has 0 fully saturated rings. The van der Waals surface area contributed by atoms with Gasteiger partial charge in [-0.3, -0.25) is 18.9 Å². The van der Waals surface area contributed by atoms with Crippen molar-refractivity contribution < 1.29 is 18.4 Å². The van der Waals surface area contributed by atoms with E-state index in [0.717, 1.165) is 0 Å². The van der Waals surface area contributed by atoms with Crippen molar-refractivity contribution in [2.24, 2.45) is 0 Å². The lowest BCUT2D eigenvalue weighted by Crippen LogP contribution is -2.26. The first-order valence-electron chi connectivity index (χ1n) is 2.42. The van der Waals surface area contributed by atoms with E-state index in [1.165, 1.54) is 6.92 Å². The second kappa shape index (κ2) is 4.13. The molecule has 0 radical (unpaired) electrons. The van der Waals surface area contributed by atoms with Crippen molar-refractivity contribution in [2.45, 2.75) is 13.3 Å². The molecule has 0 spiro atoms. The Balaban J connectivity index is 3.65. The second-order valence-electron chi connectivity index (χ2n) is 1.65. The number of amides is 1. The zero-order valence-electron chi connectivity index (χ0n) is 5.29. The molecule has 0 aromatic carbocycles. The summed E-state index contributed by atoms with van der Waals surface area (Å²) in [5, 5.41) is 0. The van der Waals surface area contributed by atoms with Crippen LogP contribution in [0.2, 0.25) is 0 Å². The third-order valence-electron chi connectivity index (χ3n) is 0.611. The largest absolute Gasteiger partial charge is 0.299 e. The van der Waals surface area contributed by atoms with Gasteiger partial charge in [-0.1, -0.05) is 0 Å². The molecule has 0 heterocycles. The van der Waals surface area contributed by atoms with Gasteiger partial charge in [0.15, 0.2) is 0 Å². The molecule has 0 aromatic rings. The van der Waals surface area contributed by atoms with E-state index >= 15 is 0 Å². The molecule has 1 amide bonds. The summed E-state index contributed by atoms with van der Waals surface area (Å²) in [6.45, 7) is 1.22. The van der Waals surface area contributed by atoms with Gasteiger partial charge in [0.25, 0.3) is 11.3 Å². The molecule has 0 aliphatic carbocycles. The van der Waals surface area contributed by atoms with Crippen LogP contribution < -0.4 is 4.72 Å². The predicted octanol–water partition coefficient (Wildman–Crippen LogP) is -0.782. The van der Waals surface area contributed by atoms with Gasteiger partial charge in [0.05, 0.1) is 6.42 Å². The number of carbonyl (C=O) groups excluding carboxylic acids is 2. The Hall–Kier alpha value is -0.750. The van der Waals surface area contributed by atoms with Gasteiger partial charge in [-0.15, -0.1) is 0 Å². The summed E-state index contributed by atoms with van der Waals surface area (Å²) < 4.78 is 19.6. The fourth-order valence-corrected chi connectivity index (χ4v) is 0.627. The van der Waals surface area contributed by atoms with E-state index < -0.39 is 17.2 Å². The standard InChI is InChI=1S/C4H7NO4S/c1-3(6)2-4(7)5-10(8)9/h2H2,1H3,(H,5,7)(H,8,9). The average Bonchev–Trinajstić information content (AvgIpc) is 1.58. The molecule has 0 aliphatic rings. The molecule has 0 saturated heterocycles. The number of hydrogen-bond acceptors (Lipinski definition) is 3. The highest BCUT2D eigenvalue weighted by atomic mass is 32.2. The van der Waals surface area contributed by atoms with Crippen LogP contribution in [0.3, 0.4) is 0 Å². The van der Waals surface area contributed by atoms with Crippen LogP contribution in [-0.2, 0) is 20.9 Å². The molecule has 5 nitrogen and oxygen atoms in total. The molecule has 6 heteroatoms. The summed E-state index contributed by atoms with van der Waals surface area (Å²) in [6, 6.07) is 0. The van der Waals surface area contributed by atoms with Gasteiger partial charge >= 0.3 is 0 Å². The van der Waals surface area contributed by atoms with Crippen molar-refractivity contribution in [1.29, 1.82) is 0 Å². The van der Waals surface area contributed by atoms with Crippen LogP contribution in [0.25, 0.3) is 0 Å². The van der Waals surface area contributed by atoms with Crippen molar-refractivity contribution in [1.82, 2.24) is 4.72 Å². The third kappa shape index (κ3) is 5.39. The summed E-state index contributed by atoms with van der Waals surface area (Å²) in [4.78, 5) is 20.6. The summed E-state index contributed by atoms with van der Waals surface area (Å²) >= 11 is -2.36. The molecule has 0 saturated carbocycles. The van der Waals surface area contributed by atoms with E-state index in [9.17, 15) is 13.8 Å². The first-order chi connectivity index (χ1) is 4.52. The van der Waals surface area contributed by atoms with Crippen LogP contribution in [0.1, 0.15) is 13.3 Å². The lowest BCUT2D eigenvalue weighted by atomic mass is 10.3. The van der Waals surface area contributed by atoms with E-state index in [1.807, 2.05) is 0 Å². The Kier molecular flexibility index (Phi) is 3.82. The van der Waals surface area contributed by atoms with Crippen molar-refractivity contribution in [2.75, 3.05) is 0 Å². The highest BCUT2D eigenvalue weighted by Gasteiger charge is 2.05. The van der Waals surface area contributed by atoms with Crippen LogP contribution in [0.4, 0.5) is 0 Å². The second-order valence-corrected chi connectivity index (χ2v) is 2.36. The maximum absolute atomic E-state index is 10.4. The molecule has 0 rings (SSSR count). The number of hydrogen-bond donors (Lipinski definition) is 2. The Morgan fingerprint density at radius 2 is 2.10 bits per heavy atom. The average molecular weight is 165 g/mol. The zero-order chi connectivity index (χ0) is 8.15. The van der Waals surface area contributed by atoms with Crippen LogP contribution in [0, 0.1) is 0 Å². The minimum atomic E-state index is -2.36. The maximum atomic E-state index is 10.4. The Labute approximate surface area is 60.2 Å². The van der Waals surface area contributed by atoms with Crippen molar-refractivity contribution in [3.8, 4) is 0 Å². The highest BCUT2D eigenvalue weighted by molar-refractivity contribution is 7.77. The van der Waals surface area contributed by atoms with Crippen molar-refractivity contribution >= 4 is 23.0 Å². The zero-order valence-corrected chi connectivity index (χ0v) is 6.10. The normalized spacial score (nSPS) is 12.2. The van der Waals surface area contributed by atoms with Crippen LogP contribution in [0.5, 0.6) is 0 Å². The molecule has 1 atom stereocenters. The lowest BCUT2D eigenvalue weighted by Gasteiger charge is -1.94. The van der Waals surface area contributed by atoms with Crippen LogP contribution in [-0.4, -0.2) is 20.5 Å². The fraction of sp³-hybridized carbons (Fsp3) is 0.500. The monoisotopic (exact) mass is 165 g/mol. The van der Waals surface area contributed by atoms with E-state index in [2.05, 4.69) is 0 Å². The predicted molar refractivity (Wildman–Crippen MR) is 34.2 cm³/mol. The smallest absolute Gasteiger partial charge is 0.261 e. The summed E-state index contributed by atoms with van der Waals surface area (Å²) in [6.07, 6.45) is -0.355. The highest BCUT2D eigenvalue weighted by Crippen LogP contribution is 1.81. The SMILES string of the molecule is CC(=O)CC(=O)NS(=O)O. The summed E-state index contributed by atoms with van der Waals surface area (Å²) in [5.74, 6) is -1.09. The Morgan fingerprint density at radius 1 is 1.60 bits per heavy atom. The van der Waals surface area contributed by atoms with Crippen molar-refractivity contribution in [3.63, 3.8) is 0 Å². The van der Waals surface area contributed by atoms with Crippen LogP contribution >= 0.6 is 0 Å². The Morgan fingerprint density at radius 3 is 2.40 bits per heavy atom. The van der Waals surface area contributed by atoms with E-state index in [1.54, 1.807) is 4.72 Å². The molecular weight excluding hydrogens is 158 g/mol. The number of nitrogens with one attached hydrogen (secondary N) is 1. The van der Waals surface area contributed by atoms with E-state index in [0.29, 0.717) is 0 Å². The van der Waals surface area contributed by atoms with Crippen LogP contribution in [0.15, 0.2) is 0 Å². The van der Waals surface area contributed by atoms with Gasteiger partial charge < -0.3 is 0 Å². The minimum absolute atomic E-state index is 0.344. The molecule has 0 aromatic heterocycles. The fourth-order valence-electron chi connectivity index (χ4n) is 0.360. The minimum Gasteiger partial charge on any atom is -0.299 e. The maximum Gasteiger partial charge on any atom is 0.261 e. The molecule has 0 bridgehead atoms. The Bertz CT molecular complexity index is 160. The number of carbonyl (C=O) groups is 2. The quantitative estimate of drug-likeness (QED) is 0.424. The molecule has 1 unspecified atom stereocenters. The first kappa shape index (κ1) is 9.25. The lowest BCUT2D eigenvalue weighted by molar-refractivity contribution is -0.126.